The number of rotatable bonds is 7. The maximum Gasteiger partial charge on any atom is 0.345 e. The van der Waals surface area contributed by atoms with Crippen molar-refractivity contribution in [1.82, 2.24) is 20.3 Å². The fourth-order valence-electron chi connectivity index (χ4n) is 4.14. The summed E-state index contributed by atoms with van der Waals surface area (Å²) in [5.41, 5.74) is 3.98. The fourth-order valence-corrected chi connectivity index (χ4v) is 4.93. The second kappa shape index (κ2) is 8.60. The molecule has 4 aromatic rings. The van der Waals surface area contributed by atoms with Gasteiger partial charge in [-0.1, -0.05) is 6.07 Å². The van der Waals surface area contributed by atoms with E-state index in [2.05, 4.69) is 25.6 Å². The molecule has 3 heterocycles. The van der Waals surface area contributed by atoms with E-state index >= 15 is 0 Å². The number of amides is 1. The summed E-state index contributed by atoms with van der Waals surface area (Å²) < 4.78 is 0. The molecule has 1 aliphatic carbocycles. The van der Waals surface area contributed by atoms with Crippen molar-refractivity contribution in [2.75, 3.05) is 5.32 Å². The number of aryl methyl sites for hydroxylation is 1. The summed E-state index contributed by atoms with van der Waals surface area (Å²) in [6.45, 7) is 0.410. The number of thiophene rings is 1. The van der Waals surface area contributed by atoms with Gasteiger partial charge in [0.2, 0.25) is 0 Å². The van der Waals surface area contributed by atoms with E-state index < -0.39 is 11.9 Å². The zero-order valence-electron chi connectivity index (χ0n) is 17.7. The zero-order valence-corrected chi connectivity index (χ0v) is 18.5. The van der Waals surface area contributed by atoms with E-state index in [-0.39, 0.29) is 28.1 Å². The number of hydrogen-bond acceptors (Lipinski definition) is 7. The molecule has 0 saturated carbocycles. The molecule has 5 N–H and O–H groups in total. The number of H-pyrrole nitrogens is 1. The first-order valence-corrected chi connectivity index (χ1v) is 11.3. The van der Waals surface area contributed by atoms with E-state index in [0.717, 1.165) is 16.0 Å². The molecule has 0 radical (unpaired) electrons. The van der Waals surface area contributed by atoms with Crippen molar-refractivity contribution < 1.29 is 24.6 Å². The van der Waals surface area contributed by atoms with Crippen LogP contribution in [0.25, 0.3) is 11.0 Å². The molecule has 3 aromatic heterocycles. The Morgan fingerprint density at radius 3 is 2.74 bits per heavy atom. The number of hydrogen-bond donors (Lipinski definition) is 5. The standard InChI is InChI=1S/C23H19N5O5S/c29-21(28-15-5-2-11-7-12(22(30)31)1-4-14(11)15)20-19-18(26-10-27-20)16(9-25-19)24-8-13-3-6-17(34-13)23(32)33/h1,3-4,6-7,9-10,15,24-25H,2,5,8H2,(H,28,29)(H,30,31)(H,32,33)/t15-/m0/s1. The molecule has 0 fully saturated rings. The van der Waals surface area contributed by atoms with E-state index in [9.17, 15) is 19.5 Å². The van der Waals surface area contributed by atoms with Crippen LogP contribution in [0.2, 0.25) is 0 Å². The van der Waals surface area contributed by atoms with Crippen molar-refractivity contribution in [1.29, 1.82) is 0 Å². The normalized spacial score (nSPS) is 14.6. The summed E-state index contributed by atoms with van der Waals surface area (Å²) in [5, 5.41) is 24.5. The lowest BCUT2D eigenvalue weighted by Crippen LogP contribution is -2.28. The molecule has 0 unspecified atom stereocenters. The van der Waals surface area contributed by atoms with Crippen LogP contribution in [0.1, 0.15) is 59.0 Å². The molecular weight excluding hydrogens is 458 g/mol. The number of aromatic amines is 1. The highest BCUT2D eigenvalue weighted by atomic mass is 32.1. The van der Waals surface area contributed by atoms with Crippen LogP contribution in [0.4, 0.5) is 5.69 Å². The minimum absolute atomic E-state index is 0.206. The summed E-state index contributed by atoms with van der Waals surface area (Å²) in [6.07, 6.45) is 4.38. The molecule has 0 saturated heterocycles. The third-order valence-electron chi connectivity index (χ3n) is 5.78. The molecule has 0 spiro atoms. The number of carboxylic acid groups (broad SMARTS) is 2. The van der Waals surface area contributed by atoms with Crippen molar-refractivity contribution >= 4 is 45.9 Å². The number of nitrogens with one attached hydrogen (secondary N) is 3. The van der Waals surface area contributed by atoms with Gasteiger partial charge >= 0.3 is 11.9 Å². The van der Waals surface area contributed by atoms with Gasteiger partial charge in [-0.2, -0.15) is 0 Å². The molecule has 1 aliphatic rings. The summed E-state index contributed by atoms with van der Waals surface area (Å²) in [5.74, 6) is -2.29. The minimum Gasteiger partial charge on any atom is -0.478 e. The Morgan fingerprint density at radius 2 is 1.97 bits per heavy atom. The second-order valence-electron chi connectivity index (χ2n) is 7.86. The van der Waals surface area contributed by atoms with Gasteiger partial charge < -0.3 is 25.8 Å². The van der Waals surface area contributed by atoms with Crippen molar-refractivity contribution in [3.63, 3.8) is 0 Å². The van der Waals surface area contributed by atoms with Crippen molar-refractivity contribution in [2.24, 2.45) is 0 Å². The molecule has 172 valence electrons. The molecule has 0 aliphatic heterocycles. The zero-order chi connectivity index (χ0) is 23.8. The average molecular weight is 478 g/mol. The summed E-state index contributed by atoms with van der Waals surface area (Å²) >= 11 is 1.19. The van der Waals surface area contributed by atoms with E-state index in [1.807, 2.05) is 0 Å². The van der Waals surface area contributed by atoms with Crippen LogP contribution in [0.15, 0.2) is 42.9 Å². The maximum atomic E-state index is 13.1. The first-order chi connectivity index (χ1) is 16.4. The first-order valence-electron chi connectivity index (χ1n) is 10.5. The number of carboxylic acids is 2. The first kappa shape index (κ1) is 21.6. The topological polar surface area (TPSA) is 157 Å². The Morgan fingerprint density at radius 1 is 1.12 bits per heavy atom. The van der Waals surface area contributed by atoms with Gasteiger partial charge in [-0.3, -0.25) is 4.79 Å². The van der Waals surface area contributed by atoms with Crippen molar-refractivity contribution in [3.05, 3.63) is 75.0 Å². The lowest BCUT2D eigenvalue weighted by atomic mass is 10.0. The number of nitrogens with zero attached hydrogens (tertiary/aromatic N) is 2. The van der Waals surface area contributed by atoms with Gasteiger partial charge in [0.25, 0.3) is 5.91 Å². The number of aromatic nitrogens is 3. The van der Waals surface area contributed by atoms with Crippen LogP contribution in [0.5, 0.6) is 0 Å². The predicted octanol–water partition coefficient (Wildman–Crippen LogP) is 3.45. The number of aromatic carboxylic acids is 2. The van der Waals surface area contributed by atoms with Crippen LogP contribution < -0.4 is 10.6 Å². The molecule has 10 nitrogen and oxygen atoms in total. The third kappa shape index (κ3) is 3.97. The Kier molecular flexibility index (Phi) is 5.46. The van der Waals surface area contributed by atoms with Crippen LogP contribution in [-0.4, -0.2) is 43.0 Å². The molecule has 11 heteroatoms. The SMILES string of the molecule is O=C(O)c1ccc2c(c1)CC[C@@H]2NC(=O)c1ncnc2c(NCc3ccc(C(=O)O)s3)c[nH]c12. The number of fused-ring (bicyclic) bond motifs is 2. The van der Waals surface area contributed by atoms with Crippen LogP contribution in [0, 0.1) is 0 Å². The van der Waals surface area contributed by atoms with Crippen LogP contribution in [0.3, 0.4) is 0 Å². The molecule has 1 aromatic carbocycles. The minimum atomic E-state index is -0.976. The van der Waals surface area contributed by atoms with E-state index in [4.69, 9.17) is 5.11 Å². The Labute approximate surface area is 196 Å². The monoisotopic (exact) mass is 477 g/mol. The van der Waals surface area contributed by atoms with Gasteiger partial charge in [0.1, 0.15) is 16.7 Å². The van der Waals surface area contributed by atoms with Crippen molar-refractivity contribution in [3.8, 4) is 0 Å². The largest absolute Gasteiger partial charge is 0.478 e. The lowest BCUT2D eigenvalue weighted by Gasteiger charge is -2.14. The molecule has 1 amide bonds. The number of carbonyl (C=O) groups is 3. The molecule has 0 bridgehead atoms. The summed E-state index contributed by atoms with van der Waals surface area (Å²) in [4.78, 5) is 48.0. The molecular formula is C23H19N5O5S. The van der Waals surface area contributed by atoms with E-state index in [1.54, 1.807) is 36.5 Å². The second-order valence-corrected chi connectivity index (χ2v) is 9.02. The molecule has 1 atom stereocenters. The van der Waals surface area contributed by atoms with Gasteiger partial charge in [0.15, 0.2) is 5.69 Å². The Bertz CT molecular complexity index is 1440. The van der Waals surface area contributed by atoms with Crippen molar-refractivity contribution in [2.45, 2.75) is 25.4 Å². The van der Waals surface area contributed by atoms with E-state index in [1.165, 1.54) is 17.7 Å². The number of benzene rings is 1. The number of carbonyl (C=O) groups excluding carboxylic acids is 1. The highest BCUT2D eigenvalue weighted by molar-refractivity contribution is 7.13. The highest BCUT2D eigenvalue weighted by Gasteiger charge is 2.27. The van der Waals surface area contributed by atoms with Crippen LogP contribution >= 0.6 is 11.3 Å². The number of anilines is 1. The summed E-state index contributed by atoms with van der Waals surface area (Å²) in [6, 6.07) is 8.04. The van der Waals surface area contributed by atoms with Gasteiger partial charge in [-0.15, -0.1) is 11.3 Å². The molecule has 34 heavy (non-hydrogen) atoms. The lowest BCUT2D eigenvalue weighted by molar-refractivity contribution is 0.0688. The average Bonchev–Trinajstić information content (AvgIpc) is 3.55. The van der Waals surface area contributed by atoms with Gasteiger partial charge in [-0.25, -0.2) is 19.6 Å². The van der Waals surface area contributed by atoms with Gasteiger partial charge in [-0.05, 0) is 48.2 Å². The third-order valence-corrected chi connectivity index (χ3v) is 6.85. The highest BCUT2D eigenvalue weighted by Crippen LogP contribution is 2.32. The smallest absolute Gasteiger partial charge is 0.345 e. The summed E-state index contributed by atoms with van der Waals surface area (Å²) in [7, 11) is 0. The fraction of sp³-hybridized carbons (Fsp3) is 0.174. The van der Waals surface area contributed by atoms with E-state index in [0.29, 0.717) is 36.1 Å². The Hall–Kier alpha value is -4.25. The van der Waals surface area contributed by atoms with Gasteiger partial charge in [0, 0.05) is 17.6 Å². The Balaban J connectivity index is 1.33. The maximum absolute atomic E-state index is 13.1. The molecule has 5 rings (SSSR count). The van der Waals surface area contributed by atoms with Crippen LogP contribution in [-0.2, 0) is 13.0 Å². The predicted molar refractivity (Wildman–Crippen MR) is 124 cm³/mol. The quantitative estimate of drug-likeness (QED) is 0.271. The van der Waals surface area contributed by atoms with Gasteiger partial charge in [0.05, 0.1) is 22.8 Å².